The Hall–Kier alpha value is -2.96. The Morgan fingerprint density at radius 1 is 0.933 bits per heavy atom. The number of nitrogens with one attached hydrogen (secondary N) is 3. The van der Waals surface area contributed by atoms with Crippen molar-refractivity contribution in [2.45, 2.75) is 116 Å². The first-order valence-corrected chi connectivity index (χ1v) is 22.9. The molecular weight excluding hydrogens is 856 g/mol. The number of benzene rings is 2. The van der Waals surface area contributed by atoms with E-state index in [1.165, 1.54) is 16.2 Å². The normalized spacial score (nSPS) is 14.0. The Kier molecular flexibility index (Phi) is 22.1. The summed E-state index contributed by atoms with van der Waals surface area (Å²) in [4.78, 5) is 71.8. The van der Waals surface area contributed by atoms with Crippen molar-refractivity contribution in [3.8, 4) is 0 Å². The molecule has 5 atom stereocenters. The molecule has 0 aliphatic carbocycles. The fourth-order valence-corrected chi connectivity index (χ4v) is 8.04. The largest absolute Gasteiger partial charge is 2.00 e. The number of alkyl carbamates (subject to hydrolysis) is 1. The van der Waals surface area contributed by atoms with Gasteiger partial charge in [0.2, 0.25) is 5.91 Å². The van der Waals surface area contributed by atoms with E-state index in [0.29, 0.717) is 12.8 Å². The van der Waals surface area contributed by atoms with Crippen LogP contribution in [0.5, 0.6) is 0 Å². The minimum Gasteiger partial charge on any atom is -1.00 e. The molecule has 0 bridgehead atoms. The maximum Gasteiger partial charge on any atom is 2.00 e. The molecule has 1 unspecified atom stereocenters. The fraction of sp³-hybridized carbons (Fsp3) is 0.488. The third kappa shape index (κ3) is 18.2. The first-order chi connectivity index (χ1) is 28.1. The summed E-state index contributed by atoms with van der Waals surface area (Å²) in [6.07, 6.45) is -0.306. The molecular formula is C41H59CaN6O9PS2. The van der Waals surface area contributed by atoms with Gasteiger partial charge in [0.05, 0.1) is 39.8 Å². The third-order valence-electron chi connectivity index (χ3n) is 9.21. The van der Waals surface area contributed by atoms with Crippen LogP contribution in [0, 0.1) is 5.92 Å². The second-order valence-electron chi connectivity index (χ2n) is 15.0. The molecule has 4 rings (SSSR count). The van der Waals surface area contributed by atoms with E-state index in [0.717, 1.165) is 26.7 Å². The number of carbonyl (C=O) groups excluding carboxylic acids is 3. The van der Waals surface area contributed by atoms with Crippen LogP contribution in [0.25, 0.3) is 0 Å². The summed E-state index contributed by atoms with van der Waals surface area (Å²) in [5.74, 6) is -0.487. The van der Waals surface area contributed by atoms with E-state index >= 15 is 0 Å². The van der Waals surface area contributed by atoms with E-state index in [1.807, 2.05) is 86.8 Å². The van der Waals surface area contributed by atoms with Crippen LogP contribution in [-0.2, 0) is 49.4 Å². The number of phosphoric ester groups is 1. The first kappa shape index (κ1) is 51.4. The van der Waals surface area contributed by atoms with Crippen molar-refractivity contribution in [3.05, 3.63) is 104 Å². The minimum atomic E-state index is -5.01. The van der Waals surface area contributed by atoms with Gasteiger partial charge >= 0.3 is 57.7 Å². The number of thiazole rings is 2. The quantitative estimate of drug-likeness (QED) is 0.0291. The van der Waals surface area contributed by atoms with Crippen molar-refractivity contribution in [1.29, 1.82) is 0 Å². The number of hydrogen-bond donors (Lipinski definition) is 5. The molecule has 4 amide bonds. The average Bonchev–Trinajstić information content (AvgIpc) is 3.89. The summed E-state index contributed by atoms with van der Waals surface area (Å²) < 4.78 is 29.3. The molecule has 0 fully saturated rings. The summed E-state index contributed by atoms with van der Waals surface area (Å²) in [7, 11) is -3.37. The standard InChI is InChI=1S/C41H57N6O9PS2.Ca.2H/c1-7-14-36(56-57(51,52)53)55-35(34(20-30-17-12-9-13-18-30)45-41(50)54-24-33-22-42-26-59-33)21-31(19-29-15-10-8-11-16-29)43-38(48)37(27(2)3)46-40(49)47(6)23-32-25-58-39(44-32)28(4)5;;;/h8-13,15-18,22,25-28,31,34-37H,7,14,19-21,23-24H2,1-6H3,(H,43,48)(H,45,50)(H,46,49)(H2,51,52,53);;;/q;+2;2*-1/t31-,34-,35-,36?,37-;;;/m0.../s1. The van der Waals surface area contributed by atoms with Crippen LogP contribution in [-0.4, -0.2) is 118 Å². The fourth-order valence-electron chi connectivity index (χ4n) is 6.25. The van der Waals surface area contributed by atoms with E-state index in [-0.39, 0.29) is 84.8 Å². The van der Waals surface area contributed by atoms with Gasteiger partial charge in [-0.1, -0.05) is 102 Å². The van der Waals surface area contributed by atoms with Crippen LogP contribution < -0.4 is 16.0 Å². The molecule has 60 heavy (non-hydrogen) atoms. The van der Waals surface area contributed by atoms with Gasteiger partial charge in [-0.05, 0) is 42.7 Å². The molecule has 0 aliphatic rings. The van der Waals surface area contributed by atoms with E-state index in [1.54, 1.807) is 30.1 Å². The number of rotatable bonds is 23. The van der Waals surface area contributed by atoms with E-state index in [9.17, 15) is 28.7 Å². The van der Waals surface area contributed by atoms with Gasteiger partial charge in [-0.2, -0.15) is 0 Å². The Bertz CT molecular complexity index is 1930. The number of urea groups is 1. The number of aromatic nitrogens is 2. The summed E-state index contributed by atoms with van der Waals surface area (Å²) in [5.41, 5.74) is 4.11. The van der Waals surface area contributed by atoms with Crippen molar-refractivity contribution >= 4 is 86.3 Å². The van der Waals surface area contributed by atoms with Crippen LogP contribution in [0.1, 0.15) is 89.4 Å². The summed E-state index contributed by atoms with van der Waals surface area (Å²) in [5, 5.41) is 11.9. The van der Waals surface area contributed by atoms with E-state index in [2.05, 4.69) is 39.8 Å². The topological polar surface area (TPSA) is 202 Å². The van der Waals surface area contributed by atoms with Gasteiger partial charge in [-0.25, -0.2) is 19.1 Å². The number of nitrogens with zero attached hydrogens (tertiary/aromatic N) is 3. The molecule has 0 radical (unpaired) electrons. The van der Waals surface area contributed by atoms with Gasteiger partial charge in [-0.3, -0.25) is 14.3 Å². The van der Waals surface area contributed by atoms with Crippen LogP contribution >= 0.6 is 30.5 Å². The van der Waals surface area contributed by atoms with Crippen molar-refractivity contribution in [2.75, 3.05) is 7.05 Å². The van der Waals surface area contributed by atoms with Gasteiger partial charge in [0.25, 0.3) is 0 Å². The van der Waals surface area contributed by atoms with Crippen molar-refractivity contribution in [2.24, 2.45) is 5.92 Å². The zero-order valence-corrected chi connectivity index (χ0v) is 39.8. The molecule has 15 nitrogen and oxygen atoms in total. The number of hydrogen-bond acceptors (Lipinski definition) is 11. The second-order valence-corrected chi connectivity index (χ2v) is 18.0. The Labute approximate surface area is 393 Å². The second kappa shape index (κ2) is 25.8. The molecule has 5 N–H and O–H groups in total. The zero-order chi connectivity index (χ0) is 43.0. The van der Waals surface area contributed by atoms with Crippen molar-refractivity contribution in [3.63, 3.8) is 0 Å². The molecule has 2 aromatic carbocycles. The van der Waals surface area contributed by atoms with Crippen LogP contribution in [0.2, 0.25) is 0 Å². The average molecular weight is 915 g/mol. The SMILES string of the molecule is CCCC(O[C@@H](C[C@H](Cc1ccccc1)NC(=O)[C@@H](NC(=O)N(C)Cc1csc(C(C)C)n1)C(C)C)[C@H](Cc1ccccc1)NC(=O)OCc1cncs1)OP(=O)(O)O.[Ca+2].[H-].[H-]. The Morgan fingerprint density at radius 2 is 1.58 bits per heavy atom. The van der Waals surface area contributed by atoms with Gasteiger partial charge in [0.15, 0.2) is 6.29 Å². The number of amides is 4. The zero-order valence-electron chi connectivity index (χ0n) is 37.1. The number of phosphoric acid groups is 1. The summed E-state index contributed by atoms with van der Waals surface area (Å²) in [6, 6.07) is 16.0. The molecule has 4 aromatic rings. The molecule has 19 heteroatoms. The van der Waals surface area contributed by atoms with E-state index < -0.39 is 56.4 Å². The van der Waals surface area contributed by atoms with Crippen LogP contribution in [0.4, 0.5) is 9.59 Å². The Morgan fingerprint density at radius 3 is 2.13 bits per heavy atom. The summed E-state index contributed by atoms with van der Waals surface area (Å²) in [6.45, 7) is 9.85. The molecule has 2 heterocycles. The van der Waals surface area contributed by atoms with Crippen LogP contribution in [0.3, 0.4) is 0 Å². The first-order valence-electron chi connectivity index (χ1n) is 19.6. The number of ether oxygens (including phenoxy) is 2. The number of carbonyl (C=O) groups is 3. The predicted molar refractivity (Wildman–Crippen MR) is 236 cm³/mol. The maximum absolute atomic E-state index is 14.3. The van der Waals surface area contributed by atoms with Gasteiger partial charge < -0.3 is 43.0 Å². The van der Waals surface area contributed by atoms with Gasteiger partial charge in [0, 0.05) is 30.6 Å². The van der Waals surface area contributed by atoms with Crippen molar-refractivity contribution in [1.82, 2.24) is 30.8 Å². The molecule has 326 valence electrons. The summed E-state index contributed by atoms with van der Waals surface area (Å²) >= 11 is 2.88. The molecule has 0 saturated heterocycles. The van der Waals surface area contributed by atoms with Crippen molar-refractivity contribution < 1.29 is 45.6 Å². The molecule has 0 spiro atoms. The van der Waals surface area contributed by atoms with Gasteiger partial charge in [0.1, 0.15) is 12.6 Å². The van der Waals surface area contributed by atoms with Crippen LogP contribution in [0.15, 0.2) is 77.8 Å². The van der Waals surface area contributed by atoms with Gasteiger partial charge in [-0.15, -0.1) is 22.7 Å². The predicted octanol–water partition coefficient (Wildman–Crippen LogP) is 7.01. The molecule has 0 saturated carbocycles. The van der Waals surface area contributed by atoms with E-state index in [4.69, 9.17) is 14.0 Å². The molecule has 2 aromatic heterocycles. The molecule has 0 aliphatic heterocycles. The Balaban J connectivity index is 0.00000641. The maximum atomic E-state index is 14.3. The monoisotopic (exact) mass is 914 g/mol. The third-order valence-corrected chi connectivity index (χ3v) is 11.7. The smallest absolute Gasteiger partial charge is 1.00 e. The minimum absolute atomic E-state index is 0.